The van der Waals surface area contributed by atoms with Crippen molar-refractivity contribution in [3.63, 3.8) is 0 Å². The second-order valence-corrected chi connectivity index (χ2v) is 7.72. The van der Waals surface area contributed by atoms with Gasteiger partial charge in [-0.15, -0.1) is 0 Å². The lowest BCUT2D eigenvalue weighted by atomic mass is 10.0. The monoisotopic (exact) mass is 388 g/mol. The molecule has 0 spiro atoms. The van der Waals surface area contributed by atoms with E-state index in [1.807, 2.05) is 20.8 Å². The van der Waals surface area contributed by atoms with E-state index in [-0.39, 0.29) is 11.9 Å². The molecule has 0 aliphatic rings. The molecule has 1 unspecified atom stereocenters. The van der Waals surface area contributed by atoms with Gasteiger partial charge in [-0.25, -0.2) is 9.18 Å². The van der Waals surface area contributed by atoms with Crippen molar-refractivity contribution in [3.8, 4) is 0 Å². The van der Waals surface area contributed by atoms with Crippen molar-refractivity contribution in [1.29, 1.82) is 0 Å². The third kappa shape index (κ3) is 7.79. The van der Waals surface area contributed by atoms with Gasteiger partial charge in [0.15, 0.2) is 0 Å². The summed E-state index contributed by atoms with van der Waals surface area (Å²) in [4.78, 5) is 11.7. The molecule has 0 saturated carbocycles. The van der Waals surface area contributed by atoms with E-state index in [4.69, 9.17) is 4.74 Å². The average Bonchev–Trinajstić information content (AvgIpc) is 2.40. The first-order valence-corrected chi connectivity index (χ1v) is 8.52. The molecule has 4 nitrogen and oxygen atoms in total. The topological polar surface area (TPSA) is 50.4 Å². The van der Waals surface area contributed by atoms with Gasteiger partial charge in [-0.05, 0) is 60.3 Å². The minimum Gasteiger partial charge on any atom is -0.444 e. The highest BCUT2D eigenvalue weighted by atomic mass is 79.9. The predicted octanol–water partition coefficient (Wildman–Crippen LogP) is 4.23. The molecule has 0 aliphatic carbocycles. The van der Waals surface area contributed by atoms with Gasteiger partial charge in [0.1, 0.15) is 11.4 Å². The van der Waals surface area contributed by atoms with Crippen molar-refractivity contribution < 1.29 is 13.9 Å². The van der Waals surface area contributed by atoms with E-state index in [2.05, 4.69) is 40.4 Å². The summed E-state index contributed by atoms with van der Waals surface area (Å²) in [5.74, 6) is 0.0505. The van der Waals surface area contributed by atoms with Gasteiger partial charge in [0, 0.05) is 19.1 Å². The zero-order valence-corrected chi connectivity index (χ0v) is 16.0. The Hall–Kier alpha value is -1.14. The molecule has 1 rings (SSSR count). The number of hydrogen-bond donors (Lipinski definition) is 2. The van der Waals surface area contributed by atoms with Crippen LogP contribution in [0.4, 0.5) is 9.18 Å². The lowest BCUT2D eigenvalue weighted by Gasteiger charge is -2.25. The number of ether oxygens (including phenoxy) is 1. The molecule has 130 valence electrons. The summed E-state index contributed by atoms with van der Waals surface area (Å²) in [7, 11) is 0. The van der Waals surface area contributed by atoms with Gasteiger partial charge in [0.05, 0.1) is 4.47 Å². The lowest BCUT2D eigenvalue weighted by Crippen LogP contribution is -2.45. The fourth-order valence-corrected chi connectivity index (χ4v) is 2.38. The molecule has 0 aliphatic heterocycles. The van der Waals surface area contributed by atoms with Crippen LogP contribution in [0.2, 0.25) is 0 Å². The molecule has 1 aromatic carbocycles. The third-order valence-electron chi connectivity index (χ3n) is 3.22. The van der Waals surface area contributed by atoms with Crippen LogP contribution in [0.15, 0.2) is 22.7 Å². The number of alkyl carbamates (subject to hydrolysis) is 1. The van der Waals surface area contributed by atoms with Gasteiger partial charge in [0.2, 0.25) is 0 Å². The molecule has 2 N–H and O–H groups in total. The first-order chi connectivity index (χ1) is 10.6. The quantitative estimate of drug-likeness (QED) is 0.766. The number of nitrogens with one attached hydrogen (secondary N) is 2. The van der Waals surface area contributed by atoms with Crippen LogP contribution in [-0.2, 0) is 11.3 Å². The Morgan fingerprint density at radius 2 is 2.00 bits per heavy atom. The highest BCUT2D eigenvalue weighted by molar-refractivity contribution is 9.10. The number of amides is 1. The summed E-state index contributed by atoms with van der Waals surface area (Å²) in [6, 6.07) is 5.02. The van der Waals surface area contributed by atoms with Crippen molar-refractivity contribution in [1.82, 2.24) is 10.6 Å². The van der Waals surface area contributed by atoms with E-state index >= 15 is 0 Å². The summed E-state index contributed by atoms with van der Waals surface area (Å²) in [5, 5.41) is 6.17. The molecule has 0 heterocycles. The Morgan fingerprint density at radius 1 is 1.35 bits per heavy atom. The maximum atomic E-state index is 13.2. The standard InChI is InChI=1S/C17H26BrFN2O2/c1-11(2)15(10-21-16(22)23-17(3,4)5)20-9-12-6-7-14(19)13(18)8-12/h6-8,11,15,20H,9-10H2,1-5H3,(H,21,22). The summed E-state index contributed by atoms with van der Waals surface area (Å²) >= 11 is 3.18. The predicted molar refractivity (Wildman–Crippen MR) is 93.8 cm³/mol. The fraction of sp³-hybridized carbons (Fsp3) is 0.588. The van der Waals surface area contributed by atoms with Gasteiger partial charge in [-0.2, -0.15) is 0 Å². The fourth-order valence-electron chi connectivity index (χ4n) is 1.95. The van der Waals surface area contributed by atoms with Crippen LogP contribution in [0, 0.1) is 11.7 Å². The van der Waals surface area contributed by atoms with Crippen LogP contribution in [0.3, 0.4) is 0 Å². The molecule has 0 radical (unpaired) electrons. The van der Waals surface area contributed by atoms with Crippen LogP contribution < -0.4 is 10.6 Å². The average molecular weight is 389 g/mol. The molecule has 23 heavy (non-hydrogen) atoms. The highest BCUT2D eigenvalue weighted by Gasteiger charge is 2.18. The van der Waals surface area contributed by atoms with Gasteiger partial charge < -0.3 is 15.4 Å². The molecule has 1 amide bonds. The maximum Gasteiger partial charge on any atom is 0.407 e. The summed E-state index contributed by atoms with van der Waals surface area (Å²) in [6.45, 7) is 10.7. The van der Waals surface area contributed by atoms with Gasteiger partial charge in [0.25, 0.3) is 0 Å². The van der Waals surface area contributed by atoms with Crippen molar-refractivity contribution in [3.05, 3.63) is 34.1 Å². The van der Waals surface area contributed by atoms with E-state index in [9.17, 15) is 9.18 Å². The Balaban J connectivity index is 2.52. The van der Waals surface area contributed by atoms with Crippen LogP contribution in [-0.4, -0.2) is 24.3 Å². The molecule has 1 aromatic rings. The molecule has 6 heteroatoms. The van der Waals surface area contributed by atoms with Crippen LogP contribution >= 0.6 is 15.9 Å². The number of carbonyl (C=O) groups is 1. The van der Waals surface area contributed by atoms with Gasteiger partial charge in [-0.1, -0.05) is 19.9 Å². The minimum absolute atomic E-state index is 0.0892. The Labute approximate surface area is 146 Å². The number of carbonyl (C=O) groups excluding carboxylic acids is 1. The summed E-state index contributed by atoms with van der Waals surface area (Å²) in [6.07, 6.45) is -0.422. The smallest absolute Gasteiger partial charge is 0.407 e. The van der Waals surface area contributed by atoms with Gasteiger partial charge >= 0.3 is 6.09 Å². The molecule has 1 atom stereocenters. The maximum absolute atomic E-state index is 13.2. The lowest BCUT2D eigenvalue weighted by molar-refractivity contribution is 0.0519. The van der Waals surface area contributed by atoms with Crippen LogP contribution in [0.25, 0.3) is 0 Å². The van der Waals surface area contributed by atoms with E-state index < -0.39 is 11.7 Å². The minimum atomic E-state index is -0.509. The molecule has 0 fully saturated rings. The van der Waals surface area contributed by atoms with Crippen molar-refractivity contribution in [2.45, 2.75) is 52.8 Å². The largest absolute Gasteiger partial charge is 0.444 e. The zero-order chi connectivity index (χ0) is 17.6. The molecule has 0 aromatic heterocycles. The first kappa shape index (κ1) is 19.9. The second-order valence-electron chi connectivity index (χ2n) is 6.86. The van der Waals surface area contributed by atoms with Crippen molar-refractivity contribution in [2.24, 2.45) is 5.92 Å². The molecule has 0 saturated heterocycles. The number of benzene rings is 1. The second kappa shape index (κ2) is 8.64. The third-order valence-corrected chi connectivity index (χ3v) is 3.83. The van der Waals surface area contributed by atoms with E-state index in [0.717, 1.165) is 5.56 Å². The first-order valence-electron chi connectivity index (χ1n) is 7.72. The van der Waals surface area contributed by atoms with E-state index in [1.54, 1.807) is 12.1 Å². The Morgan fingerprint density at radius 3 is 2.52 bits per heavy atom. The van der Waals surface area contributed by atoms with E-state index in [0.29, 0.717) is 23.5 Å². The highest BCUT2D eigenvalue weighted by Crippen LogP contribution is 2.17. The van der Waals surface area contributed by atoms with Crippen LogP contribution in [0.1, 0.15) is 40.2 Å². The van der Waals surface area contributed by atoms with Gasteiger partial charge in [-0.3, -0.25) is 0 Å². The summed E-state index contributed by atoms with van der Waals surface area (Å²) < 4.78 is 18.9. The van der Waals surface area contributed by atoms with Crippen LogP contribution in [0.5, 0.6) is 0 Å². The Kier molecular flexibility index (Phi) is 7.48. The number of hydrogen-bond acceptors (Lipinski definition) is 3. The van der Waals surface area contributed by atoms with Crippen molar-refractivity contribution in [2.75, 3.05) is 6.54 Å². The van der Waals surface area contributed by atoms with Crippen molar-refractivity contribution >= 4 is 22.0 Å². The number of halogens is 2. The number of rotatable bonds is 6. The Bertz CT molecular complexity index is 530. The van der Waals surface area contributed by atoms with E-state index in [1.165, 1.54) is 6.07 Å². The zero-order valence-electron chi connectivity index (χ0n) is 14.4. The molecular formula is C17H26BrFN2O2. The summed E-state index contributed by atoms with van der Waals surface area (Å²) in [5.41, 5.74) is 0.465. The molecule has 0 bridgehead atoms. The normalized spacial score (nSPS) is 13.0. The molecular weight excluding hydrogens is 363 g/mol. The SMILES string of the molecule is CC(C)C(CNC(=O)OC(C)(C)C)NCc1ccc(F)c(Br)c1.